The van der Waals surface area contributed by atoms with Crippen molar-refractivity contribution in [1.82, 2.24) is 24.6 Å². The van der Waals surface area contributed by atoms with Crippen molar-refractivity contribution in [1.29, 1.82) is 0 Å². The lowest BCUT2D eigenvalue weighted by Crippen LogP contribution is -2.51. The van der Waals surface area contributed by atoms with Gasteiger partial charge in [-0.1, -0.05) is 0 Å². The smallest absolute Gasteiger partial charge is 0.266 e. The Balaban J connectivity index is 1.47. The van der Waals surface area contributed by atoms with E-state index in [1.165, 1.54) is 11.3 Å². The van der Waals surface area contributed by atoms with Gasteiger partial charge in [-0.25, -0.2) is 14.6 Å². The normalized spacial score (nSPS) is 18.3. The molecule has 0 N–H and O–H groups in total. The average molecular weight is 326 g/mol. The van der Waals surface area contributed by atoms with Gasteiger partial charge in [0.05, 0.1) is 17.9 Å². The van der Waals surface area contributed by atoms with E-state index in [2.05, 4.69) is 31.9 Å². The maximum absolute atomic E-state index is 11.9. The minimum Gasteiger partial charge on any atom is -0.355 e. The number of anilines is 1. The molecule has 0 unspecified atom stereocenters. The van der Waals surface area contributed by atoms with Crippen LogP contribution < -0.4 is 10.5 Å². The van der Waals surface area contributed by atoms with Gasteiger partial charge in [0.25, 0.3) is 5.56 Å². The summed E-state index contributed by atoms with van der Waals surface area (Å²) in [5, 5.41) is 4.33. The third-order valence-corrected chi connectivity index (χ3v) is 4.86. The molecular weight excluding hydrogens is 304 g/mol. The van der Waals surface area contributed by atoms with Gasteiger partial charge in [-0.05, 0) is 20.0 Å². The Hall–Kier alpha value is -2.28. The number of aryl methyl sites for hydroxylation is 1. The summed E-state index contributed by atoms with van der Waals surface area (Å²) in [6.45, 7) is 6.36. The lowest BCUT2D eigenvalue weighted by atomic mass is 9.98. The Morgan fingerprint density at radius 3 is 2.92 bits per heavy atom. The standard InChI is InChI=1S/C17H22N6O/c1-12-3-4-16(24)23(20-12)9-13-7-22(8-13)17-14-10-21(2)6-5-15(14)18-11-19-17/h3-4,11,13H,5-10H2,1-2H3. The molecule has 2 aromatic rings. The van der Waals surface area contributed by atoms with Crippen molar-refractivity contribution in [2.24, 2.45) is 5.92 Å². The first-order valence-electron chi connectivity index (χ1n) is 8.41. The summed E-state index contributed by atoms with van der Waals surface area (Å²) >= 11 is 0. The first kappa shape index (κ1) is 15.3. The zero-order valence-corrected chi connectivity index (χ0v) is 14.1. The van der Waals surface area contributed by atoms with Crippen LogP contribution >= 0.6 is 0 Å². The monoisotopic (exact) mass is 326 g/mol. The molecule has 0 atom stereocenters. The van der Waals surface area contributed by atoms with Crippen molar-refractivity contribution in [3.8, 4) is 0 Å². The number of likely N-dealkylation sites (N-methyl/N-ethyl adjacent to an activating group) is 1. The zero-order chi connectivity index (χ0) is 16.7. The quantitative estimate of drug-likeness (QED) is 0.817. The summed E-state index contributed by atoms with van der Waals surface area (Å²) in [7, 11) is 2.13. The molecule has 0 aromatic carbocycles. The molecule has 0 spiro atoms. The summed E-state index contributed by atoms with van der Waals surface area (Å²) < 4.78 is 1.58. The van der Waals surface area contributed by atoms with Crippen LogP contribution in [0.4, 0.5) is 5.82 Å². The van der Waals surface area contributed by atoms with Crippen LogP contribution in [0.2, 0.25) is 0 Å². The average Bonchev–Trinajstić information content (AvgIpc) is 2.53. The van der Waals surface area contributed by atoms with Crippen molar-refractivity contribution in [2.45, 2.75) is 26.4 Å². The number of aromatic nitrogens is 4. The molecule has 24 heavy (non-hydrogen) atoms. The Morgan fingerprint density at radius 2 is 2.08 bits per heavy atom. The van der Waals surface area contributed by atoms with E-state index in [1.807, 2.05) is 6.92 Å². The summed E-state index contributed by atoms with van der Waals surface area (Å²) in [5.74, 6) is 1.50. The molecule has 1 saturated heterocycles. The van der Waals surface area contributed by atoms with E-state index >= 15 is 0 Å². The molecule has 126 valence electrons. The van der Waals surface area contributed by atoms with E-state index in [0.29, 0.717) is 12.5 Å². The highest BCUT2D eigenvalue weighted by molar-refractivity contribution is 5.51. The van der Waals surface area contributed by atoms with E-state index in [4.69, 9.17) is 0 Å². The van der Waals surface area contributed by atoms with Crippen molar-refractivity contribution in [2.75, 3.05) is 31.6 Å². The molecule has 0 bridgehead atoms. The highest BCUT2D eigenvalue weighted by atomic mass is 16.1. The van der Waals surface area contributed by atoms with Gasteiger partial charge in [0, 0.05) is 50.1 Å². The lowest BCUT2D eigenvalue weighted by Gasteiger charge is -2.42. The van der Waals surface area contributed by atoms with Gasteiger partial charge in [-0.3, -0.25) is 4.79 Å². The molecule has 7 heteroatoms. The zero-order valence-electron chi connectivity index (χ0n) is 14.1. The van der Waals surface area contributed by atoms with E-state index < -0.39 is 0 Å². The molecule has 0 aliphatic carbocycles. The second-order valence-electron chi connectivity index (χ2n) is 6.88. The highest BCUT2D eigenvalue weighted by Crippen LogP contribution is 2.30. The molecule has 0 radical (unpaired) electrons. The third kappa shape index (κ3) is 2.80. The van der Waals surface area contributed by atoms with Crippen LogP contribution in [0.15, 0.2) is 23.3 Å². The second-order valence-corrected chi connectivity index (χ2v) is 6.88. The summed E-state index contributed by atoms with van der Waals surface area (Å²) in [4.78, 5) is 25.5. The predicted octanol–water partition coefficient (Wildman–Crippen LogP) is 0.466. The van der Waals surface area contributed by atoms with Crippen LogP contribution in [0, 0.1) is 12.8 Å². The molecule has 2 aliphatic heterocycles. The van der Waals surface area contributed by atoms with Crippen LogP contribution in [0.25, 0.3) is 0 Å². The first-order valence-corrected chi connectivity index (χ1v) is 8.41. The van der Waals surface area contributed by atoms with E-state index in [-0.39, 0.29) is 5.56 Å². The molecule has 0 saturated carbocycles. The van der Waals surface area contributed by atoms with Crippen LogP contribution in [0.1, 0.15) is 17.0 Å². The third-order valence-electron chi connectivity index (χ3n) is 4.86. The highest BCUT2D eigenvalue weighted by Gasteiger charge is 2.32. The summed E-state index contributed by atoms with van der Waals surface area (Å²) in [5.41, 5.74) is 3.28. The number of hydrogen-bond donors (Lipinski definition) is 0. The van der Waals surface area contributed by atoms with Crippen molar-refractivity contribution >= 4 is 5.82 Å². The fourth-order valence-electron chi connectivity index (χ4n) is 3.52. The fourth-order valence-corrected chi connectivity index (χ4v) is 3.52. The van der Waals surface area contributed by atoms with E-state index in [9.17, 15) is 4.79 Å². The molecule has 4 rings (SSSR count). The fraction of sp³-hybridized carbons (Fsp3) is 0.529. The molecule has 0 amide bonds. The predicted molar refractivity (Wildman–Crippen MR) is 91.0 cm³/mol. The van der Waals surface area contributed by atoms with Crippen molar-refractivity contribution < 1.29 is 0 Å². The maximum atomic E-state index is 11.9. The number of nitrogens with zero attached hydrogens (tertiary/aromatic N) is 6. The van der Waals surface area contributed by atoms with E-state index in [0.717, 1.165) is 44.1 Å². The van der Waals surface area contributed by atoms with E-state index in [1.54, 1.807) is 23.1 Å². The Morgan fingerprint density at radius 1 is 1.25 bits per heavy atom. The molecular formula is C17H22N6O. The lowest BCUT2D eigenvalue weighted by molar-refractivity contribution is 0.303. The van der Waals surface area contributed by atoms with Crippen LogP contribution in [0.3, 0.4) is 0 Å². The van der Waals surface area contributed by atoms with Gasteiger partial charge in [-0.2, -0.15) is 5.10 Å². The minimum absolute atomic E-state index is 0.0277. The van der Waals surface area contributed by atoms with Gasteiger partial charge >= 0.3 is 0 Å². The maximum Gasteiger partial charge on any atom is 0.266 e. The second kappa shape index (κ2) is 5.98. The van der Waals surface area contributed by atoms with Crippen molar-refractivity contribution in [3.63, 3.8) is 0 Å². The molecule has 2 aromatic heterocycles. The Labute approximate surface area is 140 Å². The molecule has 2 aliphatic rings. The summed E-state index contributed by atoms with van der Waals surface area (Å²) in [6.07, 6.45) is 2.67. The molecule has 7 nitrogen and oxygen atoms in total. The Kier molecular flexibility index (Phi) is 3.80. The Bertz CT molecular complexity index is 811. The van der Waals surface area contributed by atoms with Gasteiger partial charge in [0.2, 0.25) is 0 Å². The van der Waals surface area contributed by atoms with Crippen LogP contribution in [-0.2, 0) is 19.5 Å². The SMILES string of the molecule is Cc1ccc(=O)n(CC2CN(c3ncnc4c3CN(C)CC4)C2)n1. The van der Waals surface area contributed by atoms with Gasteiger partial charge < -0.3 is 9.80 Å². The summed E-state index contributed by atoms with van der Waals surface area (Å²) in [6, 6.07) is 3.35. The number of hydrogen-bond acceptors (Lipinski definition) is 6. The van der Waals surface area contributed by atoms with Crippen LogP contribution in [-0.4, -0.2) is 51.3 Å². The first-order chi connectivity index (χ1) is 11.6. The molecule has 1 fully saturated rings. The van der Waals surface area contributed by atoms with Gasteiger partial charge in [0.15, 0.2) is 0 Å². The minimum atomic E-state index is -0.0277. The topological polar surface area (TPSA) is 67.2 Å². The van der Waals surface area contributed by atoms with Gasteiger partial charge in [-0.15, -0.1) is 0 Å². The number of rotatable bonds is 3. The van der Waals surface area contributed by atoms with Crippen LogP contribution in [0.5, 0.6) is 0 Å². The largest absolute Gasteiger partial charge is 0.355 e. The molecule has 4 heterocycles. The number of fused-ring (bicyclic) bond motifs is 1. The van der Waals surface area contributed by atoms with Crippen molar-refractivity contribution in [3.05, 3.63) is 45.8 Å². The van der Waals surface area contributed by atoms with Gasteiger partial charge in [0.1, 0.15) is 12.1 Å².